The Kier molecular flexibility index (Phi) is 4.61. The zero-order chi connectivity index (χ0) is 16.7. The Labute approximate surface area is 118 Å². The van der Waals surface area contributed by atoms with E-state index in [-0.39, 0.29) is 6.42 Å². The van der Waals surface area contributed by atoms with Crippen molar-refractivity contribution in [3.63, 3.8) is 0 Å². The van der Waals surface area contributed by atoms with Crippen LogP contribution < -0.4 is 0 Å². The maximum Gasteiger partial charge on any atom is 0.449 e. The number of aliphatic hydroxyl groups is 1. The van der Waals surface area contributed by atoms with Gasteiger partial charge in [-0.05, 0) is 20.3 Å². The van der Waals surface area contributed by atoms with E-state index in [9.17, 15) is 31.9 Å². The predicted octanol–water partition coefficient (Wildman–Crippen LogP) is 2.64. The lowest BCUT2D eigenvalue weighted by Crippen LogP contribution is -2.68. The van der Waals surface area contributed by atoms with Crippen LogP contribution in [0.1, 0.15) is 33.6 Å². The molecule has 4 nitrogen and oxygen atoms in total. The number of rotatable bonds is 3. The monoisotopic (exact) mass is 320 g/mol. The van der Waals surface area contributed by atoms with Crippen molar-refractivity contribution >= 4 is 5.97 Å². The van der Waals surface area contributed by atoms with Crippen LogP contribution in [0.15, 0.2) is 0 Å². The minimum Gasteiger partial charge on any atom is -0.455 e. The normalized spacial score (nSPS) is 30.0. The average molecular weight is 320 g/mol. The van der Waals surface area contributed by atoms with Gasteiger partial charge in [-0.15, -0.1) is 0 Å². The summed E-state index contributed by atoms with van der Waals surface area (Å²) < 4.78 is 74.1. The first-order valence-corrected chi connectivity index (χ1v) is 6.31. The molecule has 1 aliphatic rings. The first-order chi connectivity index (χ1) is 9.29. The number of hydrogen-bond donors (Lipinski definition) is 1. The van der Waals surface area contributed by atoms with Crippen molar-refractivity contribution in [3.8, 4) is 0 Å². The molecule has 124 valence electrons. The Morgan fingerprint density at radius 1 is 1.38 bits per heavy atom. The minimum absolute atomic E-state index is 0.254. The fourth-order valence-corrected chi connectivity index (χ4v) is 1.65. The minimum atomic E-state index is -5.72. The molecule has 0 aliphatic carbocycles. The third-order valence-electron chi connectivity index (χ3n) is 3.62. The van der Waals surface area contributed by atoms with E-state index in [2.05, 4.69) is 9.47 Å². The lowest BCUT2D eigenvalue weighted by Gasteiger charge is -2.43. The molecule has 0 spiro atoms. The highest BCUT2D eigenvalue weighted by molar-refractivity contribution is 5.76. The molecule has 1 aliphatic heterocycles. The maximum atomic E-state index is 13.9. The second-order valence-electron chi connectivity index (χ2n) is 5.53. The molecule has 0 amide bonds. The van der Waals surface area contributed by atoms with Gasteiger partial charge in [0.25, 0.3) is 0 Å². The molecule has 9 heteroatoms. The van der Waals surface area contributed by atoms with Gasteiger partial charge in [0.1, 0.15) is 0 Å². The summed E-state index contributed by atoms with van der Waals surface area (Å²) in [4.78, 5) is 11.8. The van der Waals surface area contributed by atoms with Crippen molar-refractivity contribution in [1.29, 1.82) is 0 Å². The number of ether oxygens (including phenoxy) is 2. The average Bonchev–Trinajstić information content (AvgIpc) is 2.33. The van der Waals surface area contributed by atoms with Crippen molar-refractivity contribution in [3.05, 3.63) is 0 Å². The number of alkyl halides is 5. The standard InChI is InChI=1S/C12H17F5O4/c1-4-9(2,3)8(18)21-7-5-6-20-11(19,10(7,13)14)12(15,16)17/h7,19H,4-6H2,1-3H3. The largest absolute Gasteiger partial charge is 0.455 e. The highest BCUT2D eigenvalue weighted by atomic mass is 19.4. The number of esters is 1. The lowest BCUT2D eigenvalue weighted by atomic mass is 9.90. The Hall–Kier alpha value is -0.960. The summed E-state index contributed by atoms with van der Waals surface area (Å²) in [6.45, 7) is 3.64. The van der Waals surface area contributed by atoms with Crippen molar-refractivity contribution < 1.29 is 41.3 Å². The Bertz CT molecular complexity index is 407. The first-order valence-electron chi connectivity index (χ1n) is 6.31. The van der Waals surface area contributed by atoms with Crippen LogP contribution in [0.3, 0.4) is 0 Å². The molecule has 0 aromatic carbocycles. The molecule has 0 aromatic rings. The number of carbonyl (C=O) groups is 1. The Balaban J connectivity index is 3.03. The highest BCUT2D eigenvalue weighted by Gasteiger charge is 2.76. The van der Waals surface area contributed by atoms with Gasteiger partial charge in [0.2, 0.25) is 0 Å². The lowest BCUT2D eigenvalue weighted by molar-refractivity contribution is -0.456. The van der Waals surface area contributed by atoms with E-state index < -0.39 is 48.4 Å². The van der Waals surface area contributed by atoms with E-state index in [1.54, 1.807) is 6.92 Å². The summed E-state index contributed by atoms with van der Waals surface area (Å²) in [6.07, 6.45) is -8.51. The Morgan fingerprint density at radius 3 is 2.33 bits per heavy atom. The van der Waals surface area contributed by atoms with Crippen LogP contribution in [0.5, 0.6) is 0 Å². The maximum absolute atomic E-state index is 13.9. The van der Waals surface area contributed by atoms with Gasteiger partial charge in [-0.3, -0.25) is 4.79 Å². The summed E-state index contributed by atoms with van der Waals surface area (Å²) in [6, 6.07) is 0. The second kappa shape index (κ2) is 5.35. The van der Waals surface area contributed by atoms with Crippen LogP contribution in [0.4, 0.5) is 22.0 Å². The van der Waals surface area contributed by atoms with Crippen LogP contribution in [0.25, 0.3) is 0 Å². The van der Waals surface area contributed by atoms with Crippen LogP contribution in [-0.2, 0) is 14.3 Å². The second-order valence-corrected chi connectivity index (χ2v) is 5.53. The topological polar surface area (TPSA) is 55.8 Å². The van der Waals surface area contributed by atoms with Gasteiger partial charge in [0, 0.05) is 6.42 Å². The zero-order valence-electron chi connectivity index (χ0n) is 11.8. The molecule has 0 saturated carbocycles. The molecule has 0 radical (unpaired) electrons. The van der Waals surface area contributed by atoms with Crippen molar-refractivity contribution in [2.75, 3.05) is 6.61 Å². The van der Waals surface area contributed by atoms with Gasteiger partial charge in [-0.1, -0.05) is 6.92 Å². The Morgan fingerprint density at radius 2 is 1.90 bits per heavy atom. The van der Waals surface area contributed by atoms with Crippen LogP contribution in [-0.4, -0.2) is 41.7 Å². The van der Waals surface area contributed by atoms with Crippen LogP contribution >= 0.6 is 0 Å². The van der Waals surface area contributed by atoms with Gasteiger partial charge in [-0.25, -0.2) is 0 Å². The number of carbonyl (C=O) groups excluding carboxylic acids is 1. The van der Waals surface area contributed by atoms with E-state index in [0.717, 1.165) is 0 Å². The van der Waals surface area contributed by atoms with Crippen LogP contribution in [0, 0.1) is 5.41 Å². The quantitative estimate of drug-likeness (QED) is 0.641. The summed E-state index contributed by atoms with van der Waals surface area (Å²) in [5.74, 6) is -10.5. The van der Waals surface area contributed by atoms with Crippen molar-refractivity contribution in [2.24, 2.45) is 5.41 Å². The molecule has 2 unspecified atom stereocenters. The smallest absolute Gasteiger partial charge is 0.449 e. The molecule has 1 fully saturated rings. The van der Waals surface area contributed by atoms with Gasteiger partial charge in [0.05, 0.1) is 12.0 Å². The van der Waals surface area contributed by atoms with Crippen LogP contribution in [0.2, 0.25) is 0 Å². The molecule has 2 atom stereocenters. The third-order valence-corrected chi connectivity index (χ3v) is 3.62. The van der Waals surface area contributed by atoms with Gasteiger partial charge >= 0.3 is 23.9 Å². The van der Waals surface area contributed by atoms with E-state index in [4.69, 9.17) is 0 Å². The van der Waals surface area contributed by atoms with E-state index in [1.807, 2.05) is 0 Å². The molecule has 21 heavy (non-hydrogen) atoms. The fraction of sp³-hybridized carbons (Fsp3) is 0.917. The van der Waals surface area contributed by atoms with Gasteiger partial charge in [0.15, 0.2) is 6.10 Å². The van der Waals surface area contributed by atoms with E-state index in [0.29, 0.717) is 0 Å². The number of hydrogen-bond acceptors (Lipinski definition) is 4. The highest BCUT2D eigenvalue weighted by Crippen LogP contribution is 2.49. The SMILES string of the molecule is CCC(C)(C)C(=O)OC1CCOC(O)(C(F)(F)F)C1(F)F. The van der Waals surface area contributed by atoms with E-state index in [1.165, 1.54) is 13.8 Å². The summed E-state index contributed by atoms with van der Waals surface area (Å²) in [7, 11) is 0. The van der Waals surface area contributed by atoms with Gasteiger partial charge < -0.3 is 14.6 Å². The van der Waals surface area contributed by atoms with Crippen molar-refractivity contribution in [1.82, 2.24) is 0 Å². The summed E-state index contributed by atoms with van der Waals surface area (Å²) >= 11 is 0. The first kappa shape index (κ1) is 18.1. The third kappa shape index (κ3) is 2.98. The molecule has 0 bridgehead atoms. The van der Waals surface area contributed by atoms with Gasteiger partial charge in [-0.2, -0.15) is 22.0 Å². The molecular formula is C12H17F5O4. The predicted molar refractivity (Wildman–Crippen MR) is 60.5 cm³/mol. The number of halogens is 5. The zero-order valence-corrected chi connectivity index (χ0v) is 11.8. The summed E-state index contributed by atoms with van der Waals surface area (Å²) in [5.41, 5.74) is -1.12. The fourth-order valence-electron chi connectivity index (χ4n) is 1.65. The van der Waals surface area contributed by atoms with E-state index >= 15 is 0 Å². The summed E-state index contributed by atoms with van der Waals surface area (Å²) in [5, 5.41) is 9.19. The molecule has 1 N–H and O–H groups in total. The molecule has 0 aromatic heterocycles. The molecular weight excluding hydrogens is 303 g/mol. The molecule has 1 rings (SSSR count). The molecule has 1 saturated heterocycles. The van der Waals surface area contributed by atoms with Crippen molar-refractivity contribution in [2.45, 2.75) is 57.6 Å². The molecule has 1 heterocycles.